The van der Waals surface area contributed by atoms with Crippen LogP contribution < -0.4 is 15.4 Å². The molecule has 12 heteroatoms. The van der Waals surface area contributed by atoms with Crippen LogP contribution in [0, 0.1) is 5.92 Å². The van der Waals surface area contributed by atoms with Crippen LogP contribution in [0.3, 0.4) is 0 Å². The zero-order chi connectivity index (χ0) is 27.1. The predicted molar refractivity (Wildman–Crippen MR) is 137 cm³/mol. The van der Waals surface area contributed by atoms with Gasteiger partial charge in [0.05, 0.1) is 5.25 Å². The first kappa shape index (κ1) is 27.0. The van der Waals surface area contributed by atoms with Crippen LogP contribution in [0.4, 0.5) is 4.79 Å². The molecule has 2 aliphatic heterocycles. The van der Waals surface area contributed by atoms with Crippen molar-refractivity contribution in [3.63, 3.8) is 0 Å². The number of amides is 4. The molecule has 0 aromatic rings. The second-order valence-electron chi connectivity index (χ2n) is 11.7. The van der Waals surface area contributed by atoms with Gasteiger partial charge in [-0.15, -0.1) is 0 Å². The third kappa shape index (κ3) is 5.84. The molecular formula is C26H38N4O7S. The molecular weight excluding hydrogens is 512 g/mol. The van der Waals surface area contributed by atoms with Crippen molar-refractivity contribution in [2.75, 3.05) is 6.54 Å². The Labute approximate surface area is 223 Å². The Balaban J connectivity index is 1.33. The quantitative estimate of drug-likeness (QED) is 0.440. The number of fused-ring (bicyclic) bond motifs is 2. The number of nitrogens with zero attached hydrogens (tertiary/aromatic N) is 1. The Kier molecular flexibility index (Phi) is 7.21. The van der Waals surface area contributed by atoms with E-state index in [1.807, 2.05) is 19.1 Å². The lowest BCUT2D eigenvalue weighted by Crippen LogP contribution is -2.58. The van der Waals surface area contributed by atoms with Crippen molar-refractivity contribution in [3.05, 3.63) is 12.2 Å². The molecule has 38 heavy (non-hydrogen) atoms. The molecule has 2 heterocycles. The maximum Gasteiger partial charge on any atom is 0.408 e. The van der Waals surface area contributed by atoms with E-state index in [9.17, 15) is 27.6 Å². The van der Waals surface area contributed by atoms with Crippen LogP contribution in [0.1, 0.15) is 84.0 Å². The normalized spacial score (nSPS) is 33.9. The molecule has 4 atom stereocenters. The number of hydrogen-bond acceptors (Lipinski definition) is 7. The lowest BCUT2D eigenvalue weighted by Gasteiger charge is -2.30. The first-order valence-electron chi connectivity index (χ1n) is 13.9. The zero-order valence-electron chi connectivity index (χ0n) is 21.9. The van der Waals surface area contributed by atoms with Gasteiger partial charge in [-0.3, -0.25) is 19.1 Å². The number of carbonyl (C=O) groups is 4. The Morgan fingerprint density at radius 3 is 2.55 bits per heavy atom. The van der Waals surface area contributed by atoms with Crippen LogP contribution in [0.15, 0.2) is 12.2 Å². The molecule has 5 aliphatic rings. The minimum atomic E-state index is -3.78. The molecule has 210 valence electrons. The molecule has 4 fully saturated rings. The molecule has 3 saturated carbocycles. The summed E-state index contributed by atoms with van der Waals surface area (Å²) in [7, 11) is -3.78. The van der Waals surface area contributed by atoms with E-state index in [1.54, 1.807) is 0 Å². The SMILES string of the molecule is CC1(OC(=O)N[C@H]2CCCCC/C=C\[C@@H]3C[C@@]3(C(=O)NS(=O)(=O)C3CC3)NC(=O)[C@@H]3CCCN3C2=O)CC1. The number of ether oxygens (including phenoxy) is 1. The maximum atomic E-state index is 13.6. The van der Waals surface area contributed by atoms with Gasteiger partial charge in [0.2, 0.25) is 21.8 Å². The van der Waals surface area contributed by atoms with E-state index in [1.165, 1.54) is 4.90 Å². The summed E-state index contributed by atoms with van der Waals surface area (Å²) < 4.78 is 32.6. The molecule has 1 saturated heterocycles. The molecule has 0 radical (unpaired) electrons. The summed E-state index contributed by atoms with van der Waals surface area (Å²) in [4.78, 5) is 54.3. The number of nitrogens with one attached hydrogen (secondary N) is 3. The van der Waals surface area contributed by atoms with Gasteiger partial charge in [0, 0.05) is 12.5 Å². The number of hydrogen-bond donors (Lipinski definition) is 3. The van der Waals surface area contributed by atoms with Crippen LogP contribution in [0.25, 0.3) is 0 Å². The summed E-state index contributed by atoms with van der Waals surface area (Å²) in [6, 6.07) is -1.61. The second kappa shape index (κ2) is 10.2. The van der Waals surface area contributed by atoms with Gasteiger partial charge in [0.25, 0.3) is 5.91 Å². The van der Waals surface area contributed by atoms with Gasteiger partial charge < -0.3 is 20.3 Å². The lowest BCUT2D eigenvalue weighted by atomic mass is 10.1. The summed E-state index contributed by atoms with van der Waals surface area (Å²) in [5.74, 6) is -1.85. The third-order valence-corrected chi connectivity index (χ3v) is 10.2. The second-order valence-corrected chi connectivity index (χ2v) is 13.7. The van der Waals surface area contributed by atoms with Crippen molar-refractivity contribution in [3.8, 4) is 0 Å². The molecule has 0 unspecified atom stereocenters. The van der Waals surface area contributed by atoms with Crippen molar-refractivity contribution in [1.29, 1.82) is 0 Å². The highest BCUT2D eigenvalue weighted by atomic mass is 32.2. The van der Waals surface area contributed by atoms with E-state index in [0.29, 0.717) is 45.1 Å². The molecule has 11 nitrogen and oxygen atoms in total. The van der Waals surface area contributed by atoms with Crippen LogP contribution in [0.5, 0.6) is 0 Å². The van der Waals surface area contributed by atoms with E-state index in [2.05, 4.69) is 15.4 Å². The highest BCUT2D eigenvalue weighted by molar-refractivity contribution is 7.91. The number of sulfonamides is 1. The fraction of sp³-hybridized carbons (Fsp3) is 0.769. The van der Waals surface area contributed by atoms with Gasteiger partial charge in [-0.1, -0.05) is 25.0 Å². The lowest BCUT2D eigenvalue weighted by molar-refractivity contribution is -0.141. The molecule has 0 spiro atoms. The maximum absolute atomic E-state index is 13.6. The van der Waals surface area contributed by atoms with Crippen molar-refractivity contribution in [2.24, 2.45) is 5.92 Å². The summed E-state index contributed by atoms with van der Waals surface area (Å²) in [6.07, 6.45) is 10.8. The van der Waals surface area contributed by atoms with Gasteiger partial charge in [-0.05, 0) is 71.1 Å². The number of allylic oxidation sites excluding steroid dienone is 1. The van der Waals surface area contributed by atoms with Crippen LogP contribution in [0.2, 0.25) is 0 Å². The Hall–Kier alpha value is -2.63. The number of alkyl carbamates (subject to hydrolysis) is 1. The number of carbonyl (C=O) groups excluding carboxylic acids is 4. The molecule has 0 aromatic carbocycles. The van der Waals surface area contributed by atoms with Gasteiger partial charge in [-0.2, -0.15) is 0 Å². The largest absolute Gasteiger partial charge is 0.443 e. The van der Waals surface area contributed by atoms with Crippen molar-refractivity contribution < 1.29 is 32.3 Å². The summed E-state index contributed by atoms with van der Waals surface area (Å²) in [5.41, 5.74) is -1.83. The van der Waals surface area contributed by atoms with Crippen molar-refractivity contribution >= 4 is 33.8 Å². The van der Waals surface area contributed by atoms with Gasteiger partial charge in [-0.25, -0.2) is 13.2 Å². The summed E-state index contributed by atoms with van der Waals surface area (Å²) in [6.45, 7) is 2.21. The molecule has 4 amide bonds. The Morgan fingerprint density at radius 2 is 1.84 bits per heavy atom. The molecule has 5 rings (SSSR count). The van der Waals surface area contributed by atoms with Crippen molar-refractivity contribution in [2.45, 2.75) is 112 Å². The van der Waals surface area contributed by atoms with Crippen LogP contribution in [-0.4, -0.2) is 72.2 Å². The van der Waals surface area contributed by atoms with Crippen molar-refractivity contribution in [1.82, 2.24) is 20.3 Å². The van der Waals surface area contributed by atoms with Crippen LogP contribution in [-0.2, 0) is 29.1 Å². The minimum Gasteiger partial charge on any atom is -0.443 e. The molecule has 0 aromatic heterocycles. The van der Waals surface area contributed by atoms with E-state index < -0.39 is 56.4 Å². The first-order chi connectivity index (χ1) is 18.0. The predicted octanol–water partition coefficient (Wildman–Crippen LogP) is 1.63. The topological polar surface area (TPSA) is 151 Å². The third-order valence-electron chi connectivity index (χ3n) is 8.42. The van der Waals surface area contributed by atoms with E-state index in [0.717, 1.165) is 38.5 Å². The fourth-order valence-corrected chi connectivity index (χ4v) is 6.81. The highest BCUT2D eigenvalue weighted by Crippen LogP contribution is 2.46. The molecule has 0 bridgehead atoms. The van der Waals surface area contributed by atoms with E-state index in [-0.39, 0.29) is 11.8 Å². The monoisotopic (exact) mass is 550 g/mol. The summed E-state index contributed by atoms with van der Waals surface area (Å²) in [5, 5.41) is 5.01. The molecule has 3 N–H and O–H groups in total. The Bertz CT molecular complexity index is 1130. The summed E-state index contributed by atoms with van der Waals surface area (Å²) >= 11 is 0. The highest BCUT2D eigenvalue weighted by Gasteiger charge is 2.61. The standard InChI is InChI=1S/C26H38N4O7S/c1-25(13-14-25)37-24(34)27-19-9-6-4-2-3-5-8-17-16-26(17,23(33)29-38(35,36)18-11-12-18)28-21(31)20-10-7-15-30(20)22(19)32/h5,8,17-20H,2-4,6-7,9-16H2,1H3,(H,27,34)(H,28,31)(H,29,33)/b8-5-/t17-,19+,20+,26-/m1/s1. The molecule has 3 aliphatic carbocycles. The van der Waals surface area contributed by atoms with Gasteiger partial charge in [0.1, 0.15) is 23.2 Å². The minimum absolute atomic E-state index is 0.302. The Morgan fingerprint density at radius 1 is 1.08 bits per heavy atom. The van der Waals surface area contributed by atoms with E-state index >= 15 is 0 Å². The number of rotatable bonds is 5. The van der Waals surface area contributed by atoms with Crippen LogP contribution >= 0.6 is 0 Å². The smallest absolute Gasteiger partial charge is 0.408 e. The van der Waals surface area contributed by atoms with E-state index in [4.69, 9.17) is 4.74 Å². The average Bonchev–Trinajstić information content (AvgIpc) is 3.79. The first-order valence-corrected chi connectivity index (χ1v) is 15.4. The zero-order valence-corrected chi connectivity index (χ0v) is 22.7. The average molecular weight is 551 g/mol. The van der Waals surface area contributed by atoms with Gasteiger partial charge in [0.15, 0.2) is 0 Å². The van der Waals surface area contributed by atoms with Gasteiger partial charge >= 0.3 is 6.09 Å². The fourth-order valence-electron chi connectivity index (χ4n) is 5.45.